The van der Waals surface area contributed by atoms with Gasteiger partial charge in [0.15, 0.2) is 0 Å². The first-order valence-corrected chi connectivity index (χ1v) is 7.07. The Morgan fingerprint density at radius 3 is 2.74 bits per heavy atom. The minimum absolute atomic E-state index is 0.483. The summed E-state index contributed by atoms with van der Waals surface area (Å²) in [7, 11) is 6.18. The van der Waals surface area contributed by atoms with Crippen LogP contribution in [0, 0.1) is 0 Å². The molecule has 2 heterocycles. The van der Waals surface area contributed by atoms with Crippen LogP contribution in [-0.4, -0.2) is 50.3 Å². The highest BCUT2D eigenvalue weighted by molar-refractivity contribution is 5.37. The number of hydrogen-bond acceptors (Lipinski definition) is 4. The first-order chi connectivity index (χ1) is 9.15. The quantitative estimate of drug-likeness (QED) is 0.786. The van der Waals surface area contributed by atoms with E-state index in [1.54, 1.807) is 0 Å². The molecule has 4 nitrogen and oxygen atoms in total. The molecule has 1 saturated heterocycles. The van der Waals surface area contributed by atoms with Crippen LogP contribution < -0.4 is 4.90 Å². The number of nitrogens with zero attached hydrogens (tertiary/aromatic N) is 3. The molecule has 1 aliphatic heterocycles. The summed E-state index contributed by atoms with van der Waals surface area (Å²) in [5.74, 6) is 1.01. The molecule has 1 fully saturated rings. The second-order valence-corrected chi connectivity index (χ2v) is 5.58. The second kappa shape index (κ2) is 6.87. The minimum Gasteiger partial charge on any atom is -0.378 e. The molecule has 19 heavy (non-hydrogen) atoms. The maximum atomic E-state index is 5.65. The van der Waals surface area contributed by atoms with E-state index in [0.717, 1.165) is 31.9 Å². The fourth-order valence-corrected chi connectivity index (χ4v) is 2.40. The molecule has 4 heteroatoms. The van der Waals surface area contributed by atoms with Crippen molar-refractivity contribution in [2.45, 2.75) is 31.9 Å². The predicted octanol–water partition coefficient (Wildman–Crippen LogP) is 2.15. The molecule has 2 rings (SSSR count). The van der Waals surface area contributed by atoms with Crippen molar-refractivity contribution in [3.8, 4) is 0 Å². The van der Waals surface area contributed by atoms with E-state index in [4.69, 9.17) is 4.74 Å². The molecular formula is C15H25N3O. The van der Waals surface area contributed by atoms with Crippen LogP contribution in [0.5, 0.6) is 0 Å². The van der Waals surface area contributed by atoms with Gasteiger partial charge in [-0.2, -0.15) is 0 Å². The van der Waals surface area contributed by atoms with Gasteiger partial charge in [0.1, 0.15) is 5.82 Å². The van der Waals surface area contributed by atoms with E-state index in [1.807, 2.05) is 25.2 Å². The van der Waals surface area contributed by atoms with E-state index < -0.39 is 0 Å². The van der Waals surface area contributed by atoms with Crippen LogP contribution in [0.15, 0.2) is 18.3 Å². The minimum atomic E-state index is 0.483. The van der Waals surface area contributed by atoms with Crippen LogP contribution in [-0.2, 0) is 11.3 Å². The zero-order chi connectivity index (χ0) is 13.7. The lowest BCUT2D eigenvalue weighted by Crippen LogP contribution is -2.23. The highest BCUT2D eigenvalue weighted by Gasteiger charge is 2.15. The summed E-state index contributed by atoms with van der Waals surface area (Å²) in [5.41, 5.74) is 1.26. The first kappa shape index (κ1) is 14.3. The van der Waals surface area contributed by atoms with Crippen LogP contribution >= 0.6 is 0 Å². The van der Waals surface area contributed by atoms with Gasteiger partial charge in [0.2, 0.25) is 0 Å². The Hall–Kier alpha value is -1.13. The maximum absolute atomic E-state index is 5.65. The SMILES string of the molecule is CN(CCC1CCCO1)Cc1ccc(N(C)C)nc1. The van der Waals surface area contributed by atoms with Crippen LogP contribution in [0.1, 0.15) is 24.8 Å². The van der Waals surface area contributed by atoms with Crippen molar-refractivity contribution in [3.05, 3.63) is 23.9 Å². The lowest BCUT2D eigenvalue weighted by Gasteiger charge is -2.19. The molecule has 1 unspecified atom stereocenters. The van der Waals surface area contributed by atoms with Gasteiger partial charge >= 0.3 is 0 Å². The fourth-order valence-electron chi connectivity index (χ4n) is 2.40. The summed E-state index contributed by atoms with van der Waals surface area (Å²) in [6, 6.07) is 4.23. The van der Waals surface area contributed by atoms with E-state index in [0.29, 0.717) is 6.10 Å². The molecule has 0 amide bonds. The molecule has 1 aliphatic rings. The lowest BCUT2D eigenvalue weighted by molar-refractivity contribution is 0.0943. The topological polar surface area (TPSA) is 28.6 Å². The van der Waals surface area contributed by atoms with E-state index in [1.165, 1.54) is 18.4 Å². The summed E-state index contributed by atoms with van der Waals surface area (Å²) in [6.45, 7) is 2.98. The summed E-state index contributed by atoms with van der Waals surface area (Å²) < 4.78 is 5.65. The Kier molecular flexibility index (Phi) is 5.16. The Labute approximate surface area is 116 Å². The monoisotopic (exact) mass is 263 g/mol. The average molecular weight is 263 g/mol. The standard InChI is InChI=1S/C15H25N3O/c1-17(2)15-7-6-13(11-16-15)12-18(3)9-8-14-5-4-10-19-14/h6-7,11,14H,4-5,8-10,12H2,1-3H3. The first-order valence-electron chi connectivity index (χ1n) is 7.07. The molecule has 1 atom stereocenters. The Morgan fingerprint density at radius 2 is 2.16 bits per heavy atom. The van der Waals surface area contributed by atoms with Crippen molar-refractivity contribution in [1.82, 2.24) is 9.88 Å². The number of pyridine rings is 1. The Bertz CT molecular complexity index is 371. The van der Waals surface area contributed by atoms with Crippen molar-refractivity contribution in [3.63, 3.8) is 0 Å². The van der Waals surface area contributed by atoms with Crippen molar-refractivity contribution < 1.29 is 4.74 Å². The normalized spacial score (nSPS) is 19.1. The molecule has 0 N–H and O–H groups in total. The summed E-state index contributed by atoms with van der Waals surface area (Å²) in [4.78, 5) is 8.80. The van der Waals surface area contributed by atoms with E-state index in [-0.39, 0.29) is 0 Å². The van der Waals surface area contributed by atoms with E-state index >= 15 is 0 Å². The third-order valence-electron chi connectivity index (χ3n) is 3.58. The van der Waals surface area contributed by atoms with Crippen molar-refractivity contribution in [2.75, 3.05) is 39.2 Å². The van der Waals surface area contributed by atoms with Crippen molar-refractivity contribution in [2.24, 2.45) is 0 Å². The van der Waals surface area contributed by atoms with Crippen LogP contribution in [0.3, 0.4) is 0 Å². The molecular weight excluding hydrogens is 238 g/mol. The van der Waals surface area contributed by atoms with Gasteiger partial charge in [-0.05, 0) is 37.9 Å². The molecule has 0 aromatic carbocycles. The highest BCUT2D eigenvalue weighted by Crippen LogP contribution is 2.16. The second-order valence-electron chi connectivity index (χ2n) is 5.58. The fraction of sp³-hybridized carbons (Fsp3) is 0.667. The van der Waals surface area contributed by atoms with Gasteiger partial charge in [0.25, 0.3) is 0 Å². The number of hydrogen-bond donors (Lipinski definition) is 0. The molecule has 1 aromatic heterocycles. The molecule has 0 radical (unpaired) electrons. The smallest absolute Gasteiger partial charge is 0.127 e. The molecule has 0 bridgehead atoms. The van der Waals surface area contributed by atoms with E-state index in [9.17, 15) is 0 Å². The average Bonchev–Trinajstić information content (AvgIpc) is 2.90. The molecule has 1 aromatic rings. The molecule has 106 valence electrons. The summed E-state index contributed by atoms with van der Waals surface area (Å²) >= 11 is 0. The number of ether oxygens (including phenoxy) is 1. The van der Waals surface area contributed by atoms with Crippen LogP contribution in [0.25, 0.3) is 0 Å². The van der Waals surface area contributed by atoms with Gasteiger partial charge in [-0.1, -0.05) is 6.07 Å². The van der Waals surface area contributed by atoms with Gasteiger partial charge in [-0.15, -0.1) is 0 Å². The Morgan fingerprint density at radius 1 is 1.32 bits per heavy atom. The summed E-state index contributed by atoms with van der Waals surface area (Å²) in [6.07, 6.45) is 6.05. The third kappa shape index (κ3) is 4.48. The Balaban J connectivity index is 1.76. The molecule has 0 aliphatic carbocycles. The van der Waals surface area contributed by atoms with Gasteiger partial charge in [0.05, 0.1) is 6.10 Å². The maximum Gasteiger partial charge on any atom is 0.127 e. The third-order valence-corrected chi connectivity index (χ3v) is 3.58. The predicted molar refractivity (Wildman–Crippen MR) is 78.5 cm³/mol. The van der Waals surface area contributed by atoms with Crippen LogP contribution in [0.2, 0.25) is 0 Å². The van der Waals surface area contributed by atoms with Crippen molar-refractivity contribution in [1.29, 1.82) is 0 Å². The number of anilines is 1. The van der Waals surface area contributed by atoms with Crippen molar-refractivity contribution >= 4 is 5.82 Å². The van der Waals surface area contributed by atoms with Gasteiger partial charge in [-0.3, -0.25) is 0 Å². The zero-order valence-electron chi connectivity index (χ0n) is 12.3. The van der Waals surface area contributed by atoms with Gasteiger partial charge in [0, 0.05) is 40.0 Å². The summed E-state index contributed by atoms with van der Waals surface area (Å²) in [5, 5.41) is 0. The lowest BCUT2D eigenvalue weighted by atomic mass is 10.1. The molecule has 0 saturated carbocycles. The largest absolute Gasteiger partial charge is 0.378 e. The highest BCUT2D eigenvalue weighted by atomic mass is 16.5. The number of aromatic nitrogens is 1. The van der Waals surface area contributed by atoms with E-state index in [2.05, 4.69) is 29.1 Å². The number of rotatable bonds is 6. The molecule has 0 spiro atoms. The van der Waals surface area contributed by atoms with Gasteiger partial charge < -0.3 is 14.5 Å². The zero-order valence-corrected chi connectivity index (χ0v) is 12.3. The van der Waals surface area contributed by atoms with Gasteiger partial charge in [-0.25, -0.2) is 4.98 Å². The van der Waals surface area contributed by atoms with Crippen LogP contribution in [0.4, 0.5) is 5.82 Å².